The molecule has 0 fully saturated rings. The summed E-state index contributed by atoms with van der Waals surface area (Å²) >= 11 is 1.37. The van der Waals surface area contributed by atoms with Gasteiger partial charge in [-0.3, -0.25) is 4.79 Å². The van der Waals surface area contributed by atoms with Gasteiger partial charge >= 0.3 is 0 Å². The molecular weight excluding hydrogens is 358 g/mol. The van der Waals surface area contributed by atoms with Crippen molar-refractivity contribution < 1.29 is 4.79 Å². The van der Waals surface area contributed by atoms with E-state index in [4.69, 9.17) is 0 Å². The lowest BCUT2D eigenvalue weighted by molar-refractivity contribution is -0.129. The van der Waals surface area contributed by atoms with Crippen molar-refractivity contribution in [1.82, 2.24) is 25.1 Å². The van der Waals surface area contributed by atoms with Crippen molar-refractivity contribution in [3.63, 3.8) is 0 Å². The van der Waals surface area contributed by atoms with Crippen LogP contribution in [0.1, 0.15) is 23.6 Å². The third-order valence-corrected chi connectivity index (χ3v) is 5.53. The summed E-state index contributed by atoms with van der Waals surface area (Å²) in [7, 11) is 1.82. The predicted molar refractivity (Wildman–Crippen MR) is 107 cm³/mol. The first-order valence-electron chi connectivity index (χ1n) is 8.78. The highest BCUT2D eigenvalue weighted by Crippen LogP contribution is 2.26. The number of aromatic nitrogens is 4. The lowest BCUT2D eigenvalue weighted by Crippen LogP contribution is -2.33. The highest BCUT2D eigenvalue weighted by molar-refractivity contribution is 8.00. The smallest absolute Gasteiger partial charge is 0.235 e. The van der Waals surface area contributed by atoms with Gasteiger partial charge in [-0.15, -0.1) is 5.10 Å². The van der Waals surface area contributed by atoms with Crippen LogP contribution in [0.3, 0.4) is 0 Å². The molecule has 1 atom stereocenters. The summed E-state index contributed by atoms with van der Waals surface area (Å²) in [5, 5.41) is 12.4. The Balaban J connectivity index is 1.73. The third kappa shape index (κ3) is 4.36. The molecule has 0 radical (unpaired) electrons. The highest BCUT2D eigenvalue weighted by Gasteiger charge is 2.22. The molecule has 140 valence electrons. The molecule has 0 aliphatic carbocycles. The molecular formula is C20H23N5OS. The average molecular weight is 382 g/mol. The Bertz CT molecular complexity index is 925. The van der Waals surface area contributed by atoms with Gasteiger partial charge in [0, 0.05) is 13.6 Å². The largest absolute Gasteiger partial charge is 0.340 e. The molecule has 0 aliphatic heterocycles. The van der Waals surface area contributed by atoms with Crippen LogP contribution in [0.15, 0.2) is 53.7 Å². The number of thioether (sulfide) groups is 1. The molecule has 27 heavy (non-hydrogen) atoms. The van der Waals surface area contributed by atoms with Crippen molar-refractivity contribution in [2.45, 2.75) is 37.7 Å². The number of benzene rings is 2. The first-order valence-corrected chi connectivity index (χ1v) is 9.66. The molecule has 0 spiro atoms. The van der Waals surface area contributed by atoms with Crippen LogP contribution in [0.25, 0.3) is 5.69 Å². The van der Waals surface area contributed by atoms with Gasteiger partial charge in [0.2, 0.25) is 11.1 Å². The Morgan fingerprint density at radius 2 is 1.89 bits per heavy atom. The molecule has 2 aromatic carbocycles. The predicted octanol–water partition coefficient (Wildman–Crippen LogP) is 3.42. The Morgan fingerprint density at radius 1 is 1.15 bits per heavy atom. The van der Waals surface area contributed by atoms with Crippen molar-refractivity contribution in [3.05, 3.63) is 65.2 Å². The van der Waals surface area contributed by atoms with Crippen LogP contribution in [0, 0.1) is 13.8 Å². The first kappa shape index (κ1) is 19.1. The number of carbonyl (C=O) groups excluding carboxylic acids is 1. The van der Waals surface area contributed by atoms with Gasteiger partial charge in [0.1, 0.15) is 0 Å². The number of rotatable bonds is 6. The lowest BCUT2D eigenvalue weighted by atomic mass is 10.1. The molecule has 1 heterocycles. The standard InChI is InChI=1S/C20H23N5OS/c1-14-9-8-12-18(15(14)2)25-20(21-22-23-25)27-16(3)19(26)24(4)13-17-10-6-5-7-11-17/h5-12,16H,13H2,1-4H3. The van der Waals surface area contributed by atoms with E-state index in [1.54, 1.807) is 9.58 Å². The zero-order chi connectivity index (χ0) is 19.4. The summed E-state index contributed by atoms with van der Waals surface area (Å²) in [5.74, 6) is 0.0411. The van der Waals surface area contributed by atoms with Crippen LogP contribution >= 0.6 is 11.8 Å². The van der Waals surface area contributed by atoms with Gasteiger partial charge in [0.25, 0.3) is 0 Å². The van der Waals surface area contributed by atoms with E-state index in [0.717, 1.165) is 16.8 Å². The normalized spacial score (nSPS) is 12.0. The number of carbonyl (C=O) groups is 1. The minimum atomic E-state index is -0.298. The highest BCUT2D eigenvalue weighted by atomic mass is 32.2. The SMILES string of the molecule is Cc1cccc(-n2nnnc2SC(C)C(=O)N(C)Cc2ccccc2)c1C. The maximum absolute atomic E-state index is 12.8. The summed E-state index contributed by atoms with van der Waals surface area (Å²) in [5.41, 5.74) is 4.32. The number of nitrogens with zero attached hydrogens (tertiary/aromatic N) is 5. The second kappa shape index (κ2) is 8.35. The van der Waals surface area contributed by atoms with Crippen LogP contribution < -0.4 is 0 Å². The van der Waals surface area contributed by atoms with Gasteiger partial charge in [0.05, 0.1) is 10.9 Å². The van der Waals surface area contributed by atoms with Crippen LogP contribution in [-0.2, 0) is 11.3 Å². The Kier molecular flexibility index (Phi) is 5.91. The molecule has 1 unspecified atom stereocenters. The molecule has 7 heteroatoms. The van der Waals surface area contributed by atoms with Gasteiger partial charge in [-0.25, -0.2) is 0 Å². The maximum atomic E-state index is 12.8. The van der Waals surface area contributed by atoms with E-state index < -0.39 is 0 Å². The van der Waals surface area contributed by atoms with Crippen molar-refractivity contribution in [2.75, 3.05) is 7.05 Å². The molecule has 0 saturated carbocycles. The molecule has 1 amide bonds. The van der Waals surface area contributed by atoms with Crippen molar-refractivity contribution in [2.24, 2.45) is 0 Å². The number of hydrogen-bond donors (Lipinski definition) is 0. The second-order valence-electron chi connectivity index (χ2n) is 6.53. The molecule has 0 saturated heterocycles. The topological polar surface area (TPSA) is 63.9 Å². The summed E-state index contributed by atoms with van der Waals surface area (Å²) in [6, 6.07) is 16.0. The van der Waals surface area contributed by atoms with Crippen LogP contribution in [0.2, 0.25) is 0 Å². The minimum Gasteiger partial charge on any atom is -0.340 e. The molecule has 0 N–H and O–H groups in total. The van der Waals surface area contributed by atoms with Gasteiger partial charge in [-0.05, 0) is 54.0 Å². The van der Waals surface area contributed by atoms with Gasteiger partial charge < -0.3 is 4.90 Å². The fraction of sp³-hybridized carbons (Fsp3) is 0.300. The number of amides is 1. The lowest BCUT2D eigenvalue weighted by Gasteiger charge is -2.21. The summed E-state index contributed by atoms with van der Waals surface area (Å²) in [4.78, 5) is 14.5. The monoisotopic (exact) mass is 381 g/mol. The fourth-order valence-corrected chi connectivity index (χ4v) is 3.74. The zero-order valence-electron chi connectivity index (χ0n) is 16.0. The van der Waals surface area contributed by atoms with E-state index in [-0.39, 0.29) is 11.2 Å². The van der Waals surface area contributed by atoms with Gasteiger partial charge in [-0.1, -0.05) is 54.2 Å². The Morgan fingerprint density at radius 3 is 2.63 bits per heavy atom. The summed E-state index contributed by atoms with van der Waals surface area (Å²) in [6.45, 7) is 6.56. The summed E-state index contributed by atoms with van der Waals surface area (Å²) < 4.78 is 1.70. The van der Waals surface area contributed by atoms with Crippen LogP contribution in [-0.4, -0.2) is 43.3 Å². The first-order chi connectivity index (χ1) is 13.0. The maximum Gasteiger partial charge on any atom is 0.235 e. The molecule has 6 nitrogen and oxygen atoms in total. The minimum absolute atomic E-state index is 0.0411. The molecule has 0 aliphatic rings. The average Bonchev–Trinajstić information content (AvgIpc) is 3.12. The van der Waals surface area contributed by atoms with Crippen molar-refractivity contribution in [3.8, 4) is 5.69 Å². The molecule has 0 bridgehead atoms. The fourth-order valence-electron chi connectivity index (χ4n) is 2.82. The number of aryl methyl sites for hydroxylation is 1. The van der Waals surface area contributed by atoms with Gasteiger partial charge in [-0.2, -0.15) is 4.68 Å². The second-order valence-corrected chi connectivity index (χ2v) is 7.84. The molecule has 1 aromatic heterocycles. The quantitative estimate of drug-likeness (QED) is 0.612. The van der Waals surface area contributed by atoms with E-state index in [2.05, 4.69) is 28.5 Å². The van der Waals surface area contributed by atoms with E-state index >= 15 is 0 Å². The molecule has 3 rings (SSSR count). The Labute approximate surface area is 163 Å². The van der Waals surface area contributed by atoms with Crippen LogP contribution in [0.4, 0.5) is 0 Å². The Hall–Kier alpha value is -2.67. The zero-order valence-corrected chi connectivity index (χ0v) is 16.8. The number of tetrazole rings is 1. The van der Waals surface area contributed by atoms with E-state index in [1.165, 1.54) is 17.3 Å². The molecule has 3 aromatic rings. The summed E-state index contributed by atoms with van der Waals surface area (Å²) in [6.07, 6.45) is 0. The number of hydrogen-bond acceptors (Lipinski definition) is 5. The van der Waals surface area contributed by atoms with E-state index in [0.29, 0.717) is 11.7 Å². The third-order valence-electron chi connectivity index (χ3n) is 4.51. The van der Waals surface area contributed by atoms with Gasteiger partial charge in [0.15, 0.2) is 0 Å². The van der Waals surface area contributed by atoms with Crippen molar-refractivity contribution >= 4 is 17.7 Å². The van der Waals surface area contributed by atoms with E-state index in [9.17, 15) is 4.79 Å². The van der Waals surface area contributed by atoms with Crippen molar-refractivity contribution in [1.29, 1.82) is 0 Å². The van der Waals surface area contributed by atoms with Crippen LogP contribution in [0.5, 0.6) is 0 Å². The van der Waals surface area contributed by atoms with E-state index in [1.807, 2.05) is 63.4 Å².